The standard InChI is InChI=1S/C23H21F3N4O2S2/c1-22(2)20(31)29(14-5-4-13(10-27)17(8-14)23(24,25)26)21(33)30(22)15-6-7-18-19(9-15)34-12-16(32-18)11-28-3/h4-9,16,28H,11-12H2,1-3H3/t16-/m0/s1. The topological polar surface area (TPSA) is 68.6 Å². The van der Waals surface area contributed by atoms with Gasteiger partial charge in [-0.1, -0.05) is 0 Å². The number of alkyl halides is 3. The molecule has 1 saturated heterocycles. The van der Waals surface area contributed by atoms with Gasteiger partial charge in [0.2, 0.25) is 0 Å². The van der Waals surface area contributed by atoms with E-state index < -0.39 is 28.7 Å². The first-order valence-electron chi connectivity index (χ1n) is 10.4. The number of amides is 1. The number of halogens is 3. The van der Waals surface area contributed by atoms with Crippen LogP contribution in [-0.4, -0.2) is 42.0 Å². The summed E-state index contributed by atoms with van der Waals surface area (Å²) < 4.78 is 46.5. The summed E-state index contributed by atoms with van der Waals surface area (Å²) in [7, 11) is 1.86. The van der Waals surface area contributed by atoms with Crippen LogP contribution in [0.2, 0.25) is 0 Å². The summed E-state index contributed by atoms with van der Waals surface area (Å²) in [5, 5.41) is 12.2. The summed E-state index contributed by atoms with van der Waals surface area (Å²) in [5.74, 6) is 1.01. The van der Waals surface area contributed by atoms with Crippen molar-refractivity contribution >= 4 is 46.4 Å². The van der Waals surface area contributed by atoms with Gasteiger partial charge >= 0.3 is 6.18 Å². The summed E-state index contributed by atoms with van der Waals surface area (Å²) in [6.45, 7) is 4.05. The SMILES string of the molecule is CNC[C@H]1CSc2cc(N3C(=S)N(c4ccc(C#N)c(C(F)(F)F)c4)C(=O)C3(C)C)ccc2O1. The van der Waals surface area contributed by atoms with E-state index in [1.165, 1.54) is 6.07 Å². The van der Waals surface area contributed by atoms with Crippen LogP contribution in [0.1, 0.15) is 25.0 Å². The number of anilines is 2. The fourth-order valence-electron chi connectivity index (χ4n) is 4.03. The Balaban J connectivity index is 1.71. The van der Waals surface area contributed by atoms with Gasteiger partial charge in [0, 0.05) is 18.0 Å². The van der Waals surface area contributed by atoms with Crippen LogP contribution < -0.4 is 19.9 Å². The fraction of sp³-hybridized carbons (Fsp3) is 0.348. The first kappa shape index (κ1) is 24.3. The quantitative estimate of drug-likeness (QED) is 0.610. The first-order chi connectivity index (χ1) is 16.0. The third-order valence-electron chi connectivity index (χ3n) is 5.69. The Bertz CT molecular complexity index is 1210. The van der Waals surface area contributed by atoms with E-state index in [1.54, 1.807) is 42.6 Å². The second-order valence-electron chi connectivity index (χ2n) is 8.40. The number of nitrogens with zero attached hydrogens (tertiary/aromatic N) is 3. The number of rotatable bonds is 4. The van der Waals surface area contributed by atoms with Crippen molar-refractivity contribution in [3.05, 3.63) is 47.5 Å². The first-order valence-corrected chi connectivity index (χ1v) is 11.8. The smallest absolute Gasteiger partial charge is 0.417 e. The molecule has 2 aliphatic rings. The molecule has 4 rings (SSSR count). The number of thioether (sulfide) groups is 1. The summed E-state index contributed by atoms with van der Waals surface area (Å²) in [6.07, 6.45) is -4.71. The van der Waals surface area contributed by atoms with Crippen LogP contribution in [0.15, 0.2) is 41.3 Å². The number of ether oxygens (including phenoxy) is 1. The molecule has 0 aromatic heterocycles. The zero-order chi connectivity index (χ0) is 24.8. The highest BCUT2D eigenvalue weighted by Gasteiger charge is 2.51. The van der Waals surface area contributed by atoms with E-state index in [0.29, 0.717) is 12.2 Å². The molecule has 11 heteroatoms. The van der Waals surface area contributed by atoms with Gasteiger partial charge in [-0.3, -0.25) is 9.69 Å². The molecule has 34 heavy (non-hydrogen) atoms. The molecule has 1 atom stereocenters. The minimum atomic E-state index is -4.75. The van der Waals surface area contributed by atoms with E-state index in [2.05, 4.69) is 5.32 Å². The molecule has 2 heterocycles. The largest absolute Gasteiger partial charge is 0.487 e. The Morgan fingerprint density at radius 2 is 1.97 bits per heavy atom. The molecule has 0 radical (unpaired) electrons. The Morgan fingerprint density at radius 1 is 1.26 bits per heavy atom. The van der Waals surface area contributed by atoms with Gasteiger partial charge in [-0.05, 0) is 69.5 Å². The third-order valence-corrected chi connectivity index (χ3v) is 7.22. The number of hydrogen-bond donors (Lipinski definition) is 1. The summed E-state index contributed by atoms with van der Waals surface area (Å²) in [5.41, 5.74) is -2.18. The van der Waals surface area contributed by atoms with Crippen LogP contribution >= 0.6 is 24.0 Å². The van der Waals surface area contributed by atoms with Crippen LogP contribution in [-0.2, 0) is 11.0 Å². The zero-order valence-electron chi connectivity index (χ0n) is 18.6. The highest BCUT2D eigenvalue weighted by atomic mass is 32.2. The number of carbonyl (C=O) groups excluding carboxylic acids is 1. The minimum absolute atomic E-state index is 0.0361. The average molecular weight is 507 g/mol. The van der Waals surface area contributed by atoms with Gasteiger partial charge in [0.15, 0.2) is 5.11 Å². The molecule has 2 aromatic rings. The van der Waals surface area contributed by atoms with Gasteiger partial charge in [-0.15, -0.1) is 11.8 Å². The molecule has 0 aliphatic carbocycles. The predicted molar refractivity (Wildman–Crippen MR) is 128 cm³/mol. The molecule has 1 N–H and O–H groups in total. The highest BCUT2D eigenvalue weighted by Crippen LogP contribution is 2.43. The predicted octanol–water partition coefficient (Wildman–Crippen LogP) is 4.57. The number of carbonyl (C=O) groups is 1. The number of nitriles is 1. The van der Waals surface area contributed by atoms with Crippen LogP contribution in [0.25, 0.3) is 0 Å². The summed E-state index contributed by atoms with van der Waals surface area (Å²) in [6, 6.07) is 10.2. The maximum atomic E-state index is 13.5. The van der Waals surface area contributed by atoms with Crippen molar-refractivity contribution in [2.45, 2.75) is 36.6 Å². The van der Waals surface area contributed by atoms with E-state index in [1.807, 2.05) is 19.2 Å². The minimum Gasteiger partial charge on any atom is -0.487 e. The lowest BCUT2D eigenvalue weighted by atomic mass is 10.0. The van der Waals surface area contributed by atoms with Crippen molar-refractivity contribution in [3.8, 4) is 11.8 Å². The van der Waals surface area contributed by atoms with Crippen LogP contribution in [0.3, 0.4) is 0 Å². The average Bonchev–Trinajstić information content (AvgIpc) is 2.96. The zero-order valence-corrected chi connectivity index (χ0v) is 20.2. The molecular weight excluding hydrogens is 485 g/mol. The molecule has 1 amide bonds. The van der Waals surface area contributed by atoms with Crippen molar-refractivity contribution < 1.29 is 22.7 Å². The molecule has 178 valence electrons. The van der Waals surface area contributed by atoms with E-state index in [4.69, 9.17) is 22.2 Å². The highest BCUT2D eigenvalue weighted by molar-refractivity contribution is 7.99. The molecule has 6 nitrogen and oxygen atoms in total. The van der Waals surface area contributed by atoms with E-state index in [0.717, 1.165) is 33.4 Å². The fourth-order valence-corrected chi connectivity index (χ4v) is 5.57. The normalized spacial score (nSPS) is 19.6. The van der Waals surface area contributed by atoms with Gasteiger partial charge in [-0.2, -0.15) is 18.4 Å². The van der Waals surface area contributed by atoms with Gasteiger partial charge in [-0.25, -0.2) is 0 Å². The van der Waals surface area contributed by atoms with Gasteiger partial charge in [0.05, 0.1) is 27.8 Å². The number of fused-ring (bicyclic) bond motifs is 1. The molecule has 0 spiro atoms. The molecule has 1 fully saturated rings. The Labute approximate surface area is 204 Å². The molecule has 0 saturated carbocycles. The second kappa shape index (κ2) is 8.76. The van der Waals surface area contributed by atoms with Crippen molar-refractivity contribution in [1.29, 1.82) is 5.26 Å². The van der Waals surface area contributed by atoms with E-state index in [9.17, 15) is 18.0 Å². The van der Waals surface area contributed by atoms with Crippen LogP contribution in [0.5, 0.6) is 5.75 Å². The summed E-state index contributed by atoms with van der Waals surface area (Å²) in [4.78, 5) is 17.0. The van der Waals surface area contributed by atoms with Crippen molar-refractivity contribution in [3.63, 3.8) is 0 Å². The van der Waals surface area contributed by atoms with Gasteiger partial charge in [0.1, 0.15) is 17.4 Å². The summed E-state index contributed by atoms with van der Waals surface area (Å²) >= 11 is 7.23. The number of likely N-dealkylation sites (N-methyl/N-ethyl adjacent to an activating group) is 1. The number of hydrogen-bond acceptors (Lipinski definition) is 6. The third kappa shape index (κ3) is 4.10. The number of thiocarbonyl (C=S) groups is 1. The molecule has 2 aromatic carbocycles. The van der Waals surface area contributed by atoms with Crippen LogP contribution in [0, 0.1) is 11.3 Å². The number of nitrogens with one attached hydrogen (secondary N) is 1. The van der Waals surface area contributed by atoms with Crippen molar-refractivity contribution in [1.82, 2.24) is 5.32 Å². The van der Waals surface area contributed by atoms with Crippen molar-refractivity contribution in [2.75, 3.05) is 29.1 Å². The van der Waals surface area contributed by atoms with Gasteiger partial charge in [0.25, 0.3) is 5.91 Å². The monoisotopic (exact) mass is 506 g/mol. The molecule has 2 aliphatic heterocycles. The van der Waals surface area contributed by atoms with Gasteiger partial charge < -0.3 is 15.0 Å². The molecule has 0 bridgehead atoms. The Kier molecular flexibility index (Phi) is 6.27. The lowest BCUT2D eigenvalue weighted by Crippen LogP contribution is -2.44. The maximum absolute atomic E-state index is 13.5. The Morgan fingerprint density at radius 3 is 2.62 bits per heavy atom. The lowest BCUT2D eigenvalue weighted by molar-refractivity contribution is -0.137. The molecular formula is C23H21F3N4O2S2. The van der Waals surface area contributed by atoms with Crippen LogP contribution in [0.4, 0.5) is 24.5 Å². The van der Waals surface area contributed by atoms with E-state index >= 15 is 0 Å². The maximum Gasteiger partial charge on any atom is 0.417 e. The molecule has 0 unspecified atom stereocenters. The lowest BCUT2D eigenvalue weighted by Gasteiger charge is -2.31. The van der Waals surface area contributed by atoms with E-state index in [-0.39, 0.29) is 16.9 Å². The van der Waals surface area contributed by atoms with Crippen molar-refractivity contribution in [2.24, 2.45) is 0 Å². The number of benzene rings is 2. The Hall–Kier alpha value is -2.81. The second-order valence-corrected chi connectivity index (χ2v) is 9.82.